The Hall–Kier alpha value is -3.35. The molecule has 1 heterocycles. The van der Waals surface area contributed by atoms with Crippen molar-refractivity contribution in [2.24, 2.45) is 0 Å². The fraction of sp³-hybridized carbons (Fsp3) is 0.100. The predicted octanol–water partition coefficient (Wildman–Crippen LogP) is 4.41. The minimum absolute atomic E-state index is 0.165. The Balaban J connectivity index is 1.57. The van der Waals surface area contributed by atoms with E-state index in [2.05, 4.69) is 15.6 Å². The quantitative estimate of drug-likeness (QED) is 0.631. The van der Waals surface area contributed by atoms with Crippen molar-refractivity contribution in [3.63, 3.8) is 0 Å². The standard InChI is InChI=1S/C20H16F3N3O/c21-16-8-7-15(18(22)19(16)23)20(27)26-17-9-6-14(12-25-17)24-11-10-13-4-2-1-3-5-13/h1-9,12,24H,10-11H2,(H,25,26,27). The first kappa shape index (κ1) is 18.4. The number of carbonyl (C=O) groups is 1. The molecule has 0 radical (unpaired) electrons. The zero-order valence-electron chi connectivity index (χ0n) is 14.2. The summed E-state index contributed by atoms with van der Waals surface area (Å²) in [6, 6.07) is 14.8. The minimum Gasteiger partial charge on any atom is -0.383 e. The molecule has 27 heavy (non-hydrogen) atoms. The van der Waals surface area contributed by atoms with Crippen LogP contribution in [0.1, 0.15) is 15.9 Å². The van der Waals surface area contributed by atoms with E-state index in [-0.39, 0.29) is 5.82 Å². The van der Waals surface area contributed by atoms with Crippen LogP contribution >= 0.6 is 0 Å². The highest BCUT2D eigenvalue weighted by Crippen LogP contribution is 2.17. The number of amides is 1. The Kier molecular flexibility index (Phi) is 5.71. The van der Waals surface area contributed by atoms with Crippen LogP contribution in [0, 0.1) is 17.5 Å². The van der Waals surface area contributed by atoms with Crippen molar-refractivity contribution in [1.29, 1.82) is 0 Å². The fourth-order valence-corrected chi connectivity index (χ4v) is 2.45. The van der Waals surface area contributed by atoms with Gasteiger partial charge in [0.25, 0.3) is 5.91 Å². The van der Waals surface area contributed by atoms with Gasteiger partial charge in [-0.15, -0.1) is 0 Å². The van der Waals surface area contributed by atoms with E-state index in [1.165, 1.54) is 17.8 Å². The van der Waals surface area contributed by atoms with Crippen LogP contribution in [0.3, 0.4) is 0 Å². The van der Waals surface area contributed by atoms with Crippen molar-refractivity contribution in [3.05, 3.63) is 89.4 Å². The summed E-state index contributed by atoms with van der Waals surface area (Å²) in [5, 5.41) is 5.55. The third-order valence-electron chi connectivity index (χ3n) is 3.87. The molecule has 1 aromatic heterocycles. The predicted molar refractivity (Wildman–Crippen MR) is 97.1 cm³/mol. The zero-order chi connectivity index (χ0) is 19.2. The molecule has 0 saturated heterocycles. The number of halogens is 3. The number of rotatable bonds is 6. The number of nitrogens with one attached hydrogen (secondary N) is 2. The third kappa shape index (κ3) is 4.63. The van der Waals surface area contributed by atoms with Gasteiger partial charge in [-0.3, -0.25) is 4.79 Å². The largest absolute Gasteiger partial charge is 0.383 e. The highest BCUT2D eigenvalue weighted by atomic mass is 19.2. The lowest BCUT2D eigenvalue weighted by Gasteiger charge is -2.09. The van der Waals surface area contributed by atoms with E-state index in [1.54, 1.807) is 6.07 Å². The molecule has 0 aliphatic carbocycles. The van der Waals surface area contributed by atoms with Crippen molar-refractivity contribution in [3.8, 4) is 0 Å². The lowest BCUT2D eigenvalue weighted by molar-refractivity contribution is 0.102. The molecule has 0 unspecified atom stereocenters. The molecular formula is C20H16F3N3O. The van der Waals surface area contributed by atoms with Gasteiger partial charge in [-0.2, -0.15) is 0 Å². The van der Waals surface area contributed by atoms with Crippen LogP contribution in [0.2, 0.25) is 0 Å². The van der Waals surface area contributed by atoms with E-state index in [4.69, 9.17) is 0 Å². The first-order valence-corrected chi connectivity index (χ1v) is 8.23. The maximum atomic E-state index is 13.7. The van der Waals surface area contributed by atoms with E-state index < -0.39 is 28.9 Å². The molecule has 7 heteroatoms. The lowest BCUT2D eigenvalue weighted by Crippen LogP contribution is -2.16. The number of aromatic nitrogens is 1. The van der Waals surface area contributed by atoms with Crippen molar-refractivity contribution >= 4 is 17.4 Å². The van der Waals surface area contributed by atoms with E-state index >= 15 is 0 Å². The molecule has 0 fully saturated rings. The van der Waals surface area contributed by atoms with Crippen molar-refractivity contribution in [2.75, 3.05) is 17.2 Å². The van der Waals surface area contributed by atoms with Gasteiger partial charge in [0.15, 0.2) is 17.5 Å². The van der Waals surface area contributed by atoms with Crippen LogP contribution in [0.15, 0.2) is 60.8 Å². The second kappa shape index (κ2) is 8.35. The summed E-state index contributed by atoms with van der Waals surface area (Å²) in [5.74, 6) is -5.32. The minimum atomic E-state index is -1.69. The lowest BCUT2D eigenvalue weighted by atomic mass is 10.1. The molecule has 0 spiro atoms. The maximum absolute atomic E-state index is 13.7. The van der Waals surface area contributed by atoms with Crippen molar-refractivity contribution in [2.45, 2.75) is 6.42 Å². The second-order valence-electron chi connectivity index (χ2n) is 5.77. The van der Waals surface area contributed by atoms with Gasteiger partial charge in [0.05, 0.1) is 17.4 Å². The first-order valence-electron chi connectivity index (χ1n) is 8.23. The summed E-state index contributed by atoms with van der Waals surface area (Å²) in [5.41, 5.74) is 1.36. The van der Waals surface area contributed by atoms with E-state index in [0.717, 1.165) is 18.2 Å². The Bertz CT molecular complexity index is 931. The van der Waals surface area contributed by atoms with Gasteiger partial charge in [0.1, 0.15) is 5.82 Å². The summed E-state index contributed by atoms with van der Waals surface area (Å²) >= 11 is 0. The third-order valence-corrected chi connectivity index (χ3v) is 3.87. The van der Waals surface area contributed by atoms with E-state index in [1.807, 2.05) is 30.3 Å². The smallest absolute Gasteiger partial charge is 0.259 e. The number of hydrogen-bond acceptors (Lipinski definition) is 3. The van der Waals surface area contributed by atoms with E-state index in [9.17, 15) is 18.0 Å². The molecule has 4 nitrogen and oxygen atoms in total. The van der Waals surface area contributed by atoms with Crippen LogP contribution in [-0.4, -0.2) is 17.4 Å². The fourth-order valence-electron chi connectivity index (χ4n) is 2.45. The van der Waals surface area contributed by atoms with Gasteiger partial charge in [-0.1, -0.05) is 30.3 Å². The summed E-state index contributed by atoms with van der Waals surface area (Å²) < 4.78 is 39.8. The number of anilines is 2. The molecular weight excluding hydrogens is 355 g/mol. The molecule has 3 aromatic rings. The van der Waals surface area contributed by atoms with Crippen LogP contribution in [-0.2, 0) is 6.42 Å². The second-order valence-corrected chi connectivity index (χ2v) is 5.77. The van der Waals surface area contributed by atoms with Crippen LogP contribution in [0.25, 0.3) is 0 Å². The maximum Gasteiger partial charge on any atom is 0.259 e. The van der Waals surface area contributed by atoms with Gasteiger partial charge >= 0.3 is 0 Å². The SMILES string of the molecule is O=C(Nc1ccc(NCCc2ccccc2)cn1)c1ccc(F)c(F)c1F. The van der Waals surface area contributed by atoms with Gasteiger partial charge in [-0.05, 0) is 36.2 Å². The zero-order valence-corrected chi connectivity index (χ0v) is 14.2. The van der Waals surface area contributed by atoms with Gasteiger partial charge in [-0.25, -0.2) is 18.2 Å². The molecule has 138 valence electrons. The number of nitrogens with zero attached hydrogens (tertiary/aromatic N) is 1. The summed E-state index contributed by atoms with van der Waals surface area (Å²) in [6.07, 6.45) is 2.36. The molecule has 2 N–H and O–H groups in total. The van der Waals surface area contributed by atoms with Crippen LogP contribution in [0.4, 0.5) is 24.7 Å². The van der Waals surface area contributed by atoms with Crippen LogP contribution in [0.5, 0.6) is 0 Å². The summed E-state index contributed by atoms with van der Waals surface area (Å²) in [6.45, 7) is 0.706. The topological polar surface area (TPSA) is 54.0 Å². The summed E-state index contributed by atoms with van der Waals surface area (Å²) in [4.78, 5) is 16.1. The Morgan fingerprint density at radius 3 is 2.41 bits per heavy atom. The van der Waals surface area contributed by atoms with Crippen LogP contribution < -0.4 is 10.6 Å². The molecule has 0 atom stereocenters. The molecule has 0 aliphatic heterocycles. The molecule has 1 amide bonds. The van der Waals surface area contributed by atoms with Gasteiger partial charge < -0.3 is 10.6 Å². The molecule has 0 aliphatic rings. The van der Waals surface area contributed by atoms with Gasteiger partial charge in [0, 0.05) is 6.54 Å². The highest BCUT2D eigenvalue weighted by Gasteiger charge is 2.19. The van der Waals surface area contributed by atoms with E-state index in [0.29, 0.717) is 12.6 Å². The number of benzene rings is 2. The number of hydrogen-bond donors (Lipinski definition) is 2. The van der Waals surface area contributed by atoms with Gasteiger partial charge in [0.2, 0.25) is 0 Å². The molecule has 3 rings (SSSR count). The molecule has 2 aromatic carbocycles. The average Bonchev–Trinajstić information content (AvgIpc) is 2.68. The molecule has 0 saturated carbocycles. The Morgan fingerprint density at radius 1 is 0.926 bits per heavy atom. The Labute approximate surface area is 154 Å². The monoisotopic (exact) mass is 371 g/mol. The Morgan fingerprint density at radius 2 is 1.70 bits per heavy atom. The van der Waals surface area contributed by atoms with Crippen molar-refractivity contribution < 1.29 is 18.0 Å². The average molecular weight is 371 g/mol. The molecule has 0 bridgehead atoms. The van der Waals surface area contributed by atoms with Crippen molar-refractivity contribution in [1.82, 2.24) is 4.98 Å². The summed E-state index contributed by atoms with van der Waals surface area (Å²) in [7, 11) is 0. The number of pyridine rings is 1. The first-order chi connectivity index (χ1) is 13.0. The number of carbonyl (C=O) groups excluding carboxylic acids is 1. The normalized spacial score (nSPS) is 10.5. The highest BCUT2D eigenvalue weighted by molar-refractivity contribution is 6.04.